The maximum absolute atomic E-state index is 12.1. The SMILES string of the molecule is O=c1[nH]c(NNC=CCc2ccccc2)nnc1-c1ccccc1. The number of nitrogens with one attached hydrogen (secondary N) is 3. The first-order valence-electron chi connectivity index (χ1n) is 7.56. The second-order valence-electron chi connectivity index (χ2n) is 5.08. The number of aromatic amines is 1. The molecule has 24 heavy (non-hydrogen) atoms. The minimum atomic E-state index is -0.297. The second kappa shape index (κ2) is 7.73. The fraction of sp³-hybridized carbons (Fsp3) is 0.0556. The molecule has 0 atom stereocenters. The van der Waals surface area contributed by atoms with Crippen LogP contribution in [0.4, 0.5) is 5.95 Å². The van der Waals surface area contributed by atoms with Gasteiger partial charge >= 0.3 is 0 Å². The van der Waals surface area contributed by atoms with Crippen molar-refractivity contribution in [2.75, 3.05) is 5.43 Å². The van der Waals surface area contributed by atoms with Gasteiger partial charge in [0.1, 0.15) is 0 Å². The number of nitrogens with zero attached hydrogens (tertiary/aromatic N) is 2. The van der Waals surface area contributed by atoms with Crippen LogP contribution in [0.2, 0.25) is 0 Å². The van der Waals surface area contributed by atoms with Crippen LogP contribution in [0, 0.1) is 0 Å². The van der Waals surface area contributed by atoms with Crippen LogP contribution < -0.4 is 16.4 Å². The number of benzene rings is 2. The third-order valence-corrected chi connectivity index (χ3v) is 3.33. The Morgan fingerprint density at radius 3 is 2.38 bits per heavy atom. The lowest BCUT2D eigenvalue weighted by Gasteiger charge is -2.04. The van der Waals surface area contributed by atoms with Crippen LogP contribution >= 0.6 is 0 Å². The molecule has 3 N–H and O–H groups in total. The summed E-state index contributed by atoms with van der Waals surface area (Å²) in [5.74, 6) is 0.254. The van der Waals surface area contributed by atoms with Gasteiger partial charge in [0.2, 0.25) is 5.95 Å². The van der Waals surface area contributed by atoms with Crippen molar-refractivity contribution in [1.29, 1.82) is 0 Å². The number of hydrogen-bond donors (Lipinski definition) is 3. The zero-order valence-electron chi connectivity index (χ0n) is 12.9. The summed E-state index contributed by atoms with van der Waals surface area (Å²) < 4.78 is 0. The van der Waals surface area contributed by atoms with Crippen LogP contribution in [-0.4, -0.2) is 15.2 Å². The Kier molecular flexibility index (Phi) is 4.99. The normalized spacial score (nSPS) is 10.7. The van der Waals surface area contributed by atoms with Crippen molar-refractivity contribution in [3.63, 3.8) is 0 Å². The molecule has 1 aromatic heterocycles. The summed E-state index contributed by atoms with van der Waals surface area (Å²) in [5, 5.41) is 7.93. The van der Waals surface area contributed by atoms with E-state index < -0.39 is 0 Å². The highest BCUT2D eigenvalue weighted by atomic mass is 16.1. The highest BCUT2D eigenvalue weighted by Crippen LogP contribution is 2.10. The number of hydrazine groups is 1. The number of H-pyrrole nitrogens is 1. The average Bonchev–Trinajstić information content (AvgIpc) is 2.63. The van der Waals surface area contributed by atoms with E-state index in [1.807, 2.05) is 54.6 Å². The Labute approximate surface area is 139 Å². The smallest absolute Gasteiger partial charge is 0.279 e. The first-order valence-corrected chi connectivity index (χ1v) is 7.56. The zero-order chi connectivity index (χ0) is 16.6. The molecule has 0 aliphatic heterocycles. The number of allylic oxidation sites excluding steroid dienone is 1. The Balaban J connectivity index is 1.57. The van der Waals surface area contributed by atoms with Crippen molar-refractivity contribution in [1.82, 2.24) is 20.6 Å². The van der Waals surface area contributed by atoms with Crippen LogP contribution in [0.1, 0.15) is 5.56 Å². The maximum Gasteiger partial charge on any atom is 0.279 e. The maximum atomic E-state index is 12.1. The van der Waals surface area contributed by atoms with Crippen LogP contribution in [0.3, 0.4) is 0 Å². The van der Waals surface area contributed by atoms with Crippen molar-refractivity contribution in [3.8, 4) is 11.3 Å². The van der Waals surface area contributed by atoms with E-state index >= 15 is 0 Å². The lowest BCUT2D eigenvalue weighted by atomic mass is 10.1. The molecule has 2 aromatic carbocycles. The molecule has 6 heteroatoms. The van der Waals surface area contributed by atoms with E-state index in [4.69, 9.17) is 0 Å². The fourth-order valence-corrected chi connectivity index (χ4v) is 2.16. The molecule has 6 nitrogen and oxygen atoms in total. The van der Waals surface area contributed by atoms with Crippen molar-refractivity contribution >= 4 is 5.95 Å². The summed E-state index contributed by atoms with van der Waals surface area (Å²) in [6, 6.07) is 19.3. The monoisotopic (exact) mass is 319 g/mol. The largest absolute Gasteiger partial charge is 0.306 e. The van der Waals surface area contributed by atoms with Gasteiger partial charge in [-0.25, -0.2) is 0 Å². The molecule has 0 aliphatic rings. The molecule has 0 fully saturated rings. The second-order valence-corrected chi connectivity index (χ2v) is 5.08. The van der Waals surface area contributed by atoms with Gasteiger partial charge < -0.3 is 5.43 Å². The molecule has 0 unspecified atom stereocenters. The number of rotatable bonds is 6. The van der Waals surface area contributed by atoms with E-state index in [1.54, 1.807) is 6.20 Å². The molecule has 0 radical (unpaired) electrons. The van der Waals surface area contributed by atoms with Crippen molar-refractivity contribution < 1.29 is 0 Å². The molecular weight excluding hydrogens is 302 g/mol. The van der Waals surface area contributed by atoms with Gasteiger partial charge in [0.05, 0.1) is 0 Å². The van der Waals surface area contributed by atoms with E-state index in [-0.39, 0.29) is 11.5 Å². The summed E-state index contributed by atoms with van der Waals surface area (Å²) >= 11 is 0. The van der Waals surface area contributed by atoms with Crippen LogP contribution in [0.25, 0.3) is 11.3 Å². The molecule has 0 bridgehead atoms. The average molecular weight is 319 g/mol. The molecule has 0 spiro atoms. The first-order chi connectivity index (χ1) is 11.8. The lowest BCUT2D eigenvalue weighted by molar-refractivity contribution is 0.904. The van der Waals surface area contributed by atoms with Gasteiger partial charge in [0, 0.05) is 11.8 Å². The van der Waals surface area contributed by atoms with Crippen molar-refractivity contribution in [2.45, 2.75) is 6.42 Å². The summed E-state index contributed by atoms with van der Waals surface area (Å²) in [7, 11) is 0. The third kappa shape index (κ3) is 4.07. The van der Waals surface area contributed by atoms with E-state index in [2.05, 4.69) is 38.2 Å². The predicted octanol–water partition coefficient (Wildman–Crippen LogP) is 2.50. The topological polar surface area (TPSA) is 82.7 Å². The number of anilines is 1. The molecule has 3 aromatic rings. The minimum absolute atomic E-state index is 0.254. The Morgan fingerprint density at radius 1 is 0.958 bits per heavy atom. The van der Waals surface area contributed by atoms with Gasteiger partial charge in [0.25, 0.3) is 5.56 Å². The standard InChI is InChI=1S/C18H17N5O/c24-17-16(15-11-5-2-6-12-15)21-23-18(20-17)22-19-13-7-10-14-8-3-1-4-9-14/h1-9,11-13,19H,10H2,(H2,20,22,23,24). The van der Waals surface area contributed by atoms with Gasteiger partial charge in [-0.2, -0.15) is 0 Å². The Bertz CT molecular complexity index is 859. The summed E-state index contributed by atoms with van der Waals surface area (Å²) in [6.07, 6.45) is 4.52. The molecular formula is C18H17N5O. The van der Waals surface area contributed by atoms with Crippen molar-refractivity contribution in [2.24, 2.45) is 0 Å². The van der Waals surface area contributed by atoms with E-state index in [0.717, 1.165) is 12.0 Å². The molecule has 0 saturated carbocycles. The quantitative estimate of drug-likeness (QED) is 0.608. The lowest BCUT2D eigenvalue weighted by Crippen LogP contribution is -2.22. The van der Waals surface area contributed by atoms with Gasteiger partial charge in [-0.3, -0.25) is 15.2 Å². The molecule has 1 heterocycles. The predicted molar refractivity (Wildman–Crippen MR) is 94.1 cm³/mol. The molecule has 0 saturated heterocycles. The molecule has 0 amide bonds. The summed E-state index contributed by atoms with van der Waals surface area (Å²) in [5.41, 5.74) is 7.58. The van der Waals surface area contributed by atoms with Gasteiger partial charge in [-0.1, -0.05) is 66.7 Å². The molecule has 0 aliphatic carbocycles. The fourth-order valence-electron chi connectivity index (χ4n) is 2.16. The van der Waals surface area contributed by atoms with Gasteiger partial charge in [0.15, 0.2) is 5.69 Å². The minimum Gasteiger partial charge on any atom is -0.306 e. The van der Waals surface area contributed by atoms with Crippen molar-refractivity contribution in [3.05, 3.63) is 88.9 Å². The third-order valence-electron chi connectivity index (χ3n) is 3.33. The number of hydrogen-bond acceptors (Lipinski definition) is 5. The molecule has 3 rings (SSSR count). The van der Waals surface area contributed by atoms with Crippen LogP contribution in [0.15, 0.2) is 77.7 Å². The highest BCUT2D eigenvalue weighted by molar-refractivity contribution is 5.57. The summed E-state index contributed by atoms with van der Waals surface area (Å²) in [6.45, 7) is 0. The molecule has 120 valence electrons. The summed E-state index contributed by atoms with van der Waals surface area (Å²) in [4.78, 5) is 14.7. The number of aromatic nitrogens is 3. The van der Waals surface area contributed by atoms with Gasteiger partial charge in [-0.15, -0.1) is 10.2 Å². The zero-order valence-corrected chi connectivity index (χ0v) is 12.9. The van der Waals surface area contributed by atoms with E-state index in [1.165, 1.54) is 5.56 Å². The van der Waals surface area contributed by atoms with Gasteiger partial charge in [-0.05, 0) is 12.0 Å². The Morgan fingerprint density at radius 2 is 1.67 bits per heavy atom. The van der Waals surface area contributed by atoms with E-state index in [9.17, 15) is 4.79 Å². The first kappa shape index (κ1) is 15.5. The van der Waals surface area contributed by atoms with Crippen LogP contribution in [-0.2, 0) is 6.42 Å². The van der Waals surface area contributed by atoms with Crippen LogP contribution in [0.5, 0.6) is 0 Å². The van der Waals surface area contributed by atoms with E-state index in [0.29, 0.717) is 5.69 Å². The highest BCUT2D eigenvalue weighted by Gasteiger charge is 2.06. The Hall–Kier alpha value is -3.41.